The van der Waals surface area contributed by atoms with Gasteiger partial charge < -0.3 is 15.0 Å². The van der Waals surface area contributed by atoms with E-state index in [1.807, 2.05) is 6.92 Å². The van der Waals surface area contributed by atoms with Gasteiger partial charge in [0.2, 0.25) is 0 Å². The summed E-state index contributed by atoms with van der Waals surface area (Å²) in [7, 11) is 0. The number of rotatable bonds is 8. The second-order valence-electron chi connectivity index (χ2n) is 4.92. The van der Waals surface area contributed by atoms with E-state index in [0.29, 0.717) is 18.9 Å². The minimum atomic E-state index is -0.792. The fourth-order valence-electron chi connectivity index (χ4n) is 1.89. The van der Waals surface area contributed by atoms with Gasteiger partial charge in [-0.15, -0.1) is 0 Å². The summed E-state index contributed by atoms with van der Waals surface area (Å²) in [6.07, 6.45) is 4.88. The predicted molar refractivity (Wildman–Crippen MR) is 70.4 cm³/mol. The van der Waals surface area contributed by atoms with Gasteiger partial charge in [0.15, 0.2) is 0 Å². The van der Waals surface area contributed by atoms with Gasteiger partial charge in [-0.25, -0.2) is 9.78 Å². The predicted octanol–water partition coefficient (Wildman–Crippen LogP) is 2.05. The Balaban J connectivity index is 2.70. The number of nitrogens with one attached hydrogen (secondary N) is 1. The fourth-order valence-corrected chi connectivity index (χ4v) is 1.89. The molecule has 0 aliphatic rings. The minimum Gasteiger partial charge on any atom is -0.480 e. The van der Waals surface area contributed by atoms with Crippen molar-refractivity contribution in [1.29, 1.82) is 0 Å². The lowest BCUT2D eigenvalue weighted by atomic mass is 10.1. The van der Waals surface area contributed by atoms with E-state index in [1.54, 1.807) is 17.0 Å². The van der Waals surface area contributed by atoms with Crippen LogP contribution in [-0.2, 0) is 11.3 Å². The number of carboxylic acid groups (broad SMARTS) is 1. The highest BCUT2D eigenvalue weighted by molar-refractivity contribution is 5.71. The molecule has 0 fully saturated rings. The zero-order valence-corrected chi connectivity index (χ0v) is 11.4. The normalized spacial score (nSPS) is 12.9. The zero-order chi connectivity index (χ0) is 13.5. The van der Waals surface area contributed by atoms with Crippen molar-refractivity contribution in [3.05, 3.63) is 18.2 Å². The van der Waals surface area contributed by atoms with E-state index in [2.05, 4.69) is 24.1 Å². The number of aliphatic carboxylic acids is 1. The Bertz CT molecular complexity index is 374. The Hall–Kier alpha value is -1.36. The van der Waals surface area contributed by atoms with Crippen LogP contribution in [0.2, 0.25) is 0 Å². The van der Waals surface area contributed by atoms with Crippen LogP contribution in [0.1, 0.15) is 45.5 Å². The molecule has 1 atom stereocenters. The number of hydrogen-bond acceptors (Lipinski definition) is 3. The van der Waals surface area contributed by atoms with Crippen molar-refractivity contribution in [2.24, 2.45) is 5.92 Å². The molecule has 102 valence electrons. The molecular formula is C13H23N3O2. The Kier molecular flexibility index (Phi) is 5.85. The van der Waals surface area contributed by atoms with Crippen LogP contribution in [0.4, 0.5) is 0 Å². The highest BCUT2D eigenvalue weighted by Gasteiger charge is 2.20. The Labute approximate surface area is 108 Å². The van der Waals surface area contributed by atoms with Gasteiger partial charge in [-0.3, -0.25) is 0 Å². The molecule has 0 saturated heterocycles. The van der Waals surface area contributed by atoms with Crippen molar-refractivity contribution in [3.63, 3.8) is 0 Å². The van der Waals surface area contributed by atoms with Crippen LogP contribution in [0.15, 0.2) is 12.4 Å². The summed E-state index contributed by atoms with van der Waals surface area (Å²) in [5.74, 6) is 0.566. The molecule has 0 amide bonds. The molecule has 1 rings (SSSR count). The number of aromatic nitrogens is 2. The monoisotopic (exact) mass is 253 g/mol. The highest BCUT2D eigenvalue weighted by atomic mass is 16.4. The average molecular weight is 253 g/mol. The molecule has 0 bridgehead atoms. The van der Waals surface area contributed by atoms with Crippen LogP contribution >= 0.6 is 0 Å². The molecule has 18 heavy (non-hydrogen) atoms. The lowest BCUT2D eigenvalue weighted by Gasteiger charge is -2.16. The van der Waals surface area contributed by atoms with Crippen molar-refractivity contribution >= 4 is 5.97 Å². The van der Waals surface area contributed by atoms with Gasteiger partial charge in [0.1, 0.15) is 11.9 Å². The minimum absolute atomic E-state index is 0.506. The fraction of sp³-hybridized carbons (Fsp3) is 0.692. The lowest BCUT2D eigenvalue weighted by molar-refractivity contribution is -0.141. The van der Waals surface area contributed by atoms with Crippen LogP contribution in [-0.4, -0.2) is 27.2 Å². The maximum Gasteiger partial charge on any atom is 0.326 e. The first kappa shape index (κ1) is 14.7. The molecule has 0 saturated carbocycles. The van der Waals surface area contributed by atoms with Gasteiger partial charge in [-0.1, -0.05) is 27.2 Å². The van der Waals surface area contributed by atoms with Crippen molar-refractivity contribution in [2.75, 3.05) is 6.54 Å². The topological polar surface area (TPSA) is 67.1 Å². The molecule has 5 heteroatoms. The van der Waals surface area contributed by atoms with Gasteiger partial charge in [0, 0.05) is 12.4 Å². The van der Waals surface area contributed by atoms with E-state index in [1.165, 1.54) is 0 Å². The molecule has 5 nitrogen and oxygen atoms in total. The summed E-state index contributed by atoms with van der Waals surface area (Å²) in [6, 6.07) is -0.506. The Morgan fingerprint density at radius 1 is 1.56 bits per heavy atom. The number of imidazole rings is 1. The summed E-state index contributed by atoms with van der Waals surface area (Å²) < 4.78 is 1.76. The number of carboxylic acids is 1. The van der Waals surface area contributed by atoms with Crippen LogP contribution in [0, 0.1) is 5.92 Å². The number of carbonyl (C=O) groups is 1. The molecule has 1 unspecified atom stereocenters. The second-order valence-corrected chi connectivity index (χ2v) is 4.92. The van der Waals surface area contributed by atoms with Gasteiger partial charge in [-0.05, 0) is 18.9 Å². The summed E-state index contributed by atoms with van der Waals surface area (Å²) in [4.78, 5) is 15.5. The Morgan fingerprint density at radius 2 is 2.28 bits per heavy atom. The van der Waals surface area contributed by atoms with Crippen LogP contribution in [0.5, 0.6) is 0 Å². The van der Waals surface area contributed by atoms with Crippen molar-refractivity contribution in [3.8, 4) is 0 Å². The standard InChI is InChI=1S/C13H23N3O2/c1-4-5-11(13(17)18)16-7-6-15-12(16)9-14-8-10(2)3/h6-7,10-11,14H,4-5,8-9H2,1-3H3,(H,17,18). The van der Waals surface area contributed by atoms with E-state index in [9.17, 15) is 9.90 Å². The molecule has 1 aromatic heterocycles. The molecular weight excluding hydrogens is 230 g/mol. The molecule has 2 N–H and O–H groups in total. The first-order valence-electron chi connectivity index (χ1n) is 6.51. The van der Waals surface area contributed by atoms with Gasteiger partial charge in [0.05, 0.1) is 6.54 Å². The largest absolute Gasteiger partial charge is 0.480 e. The highest BCUT2D eigenvalue weighted by Crippen LogP contribution is 2.16. The van der Waals surface area contributed by atoms with Crippen molar-refractivity contribution < 1.29 is 9.90 Å². The second kappa shape index (κ2) is 7.16. The summed E-state index contributed by atoms with van der Waals surface area (Å²) in [6.45, 7) is 7.77. The SMILES string of the molecule is CCCC(C(=O)O)n1ccnc1CNCC(C)C. The van der Waals surface area contributed by atoms with Gasteiger partial charge in [0.25, 0.3) is 0 Å². The lowest BCUT2D eigenvalue weighted by Crippen LogP contribution is -2.25. The molecule has 1 heterocycles. The van der Waals surface area contributed by atoms with Gasteiger partial charge in [-0.2, -0.15) is 0 Å². The summed E-state index contributed by atoms with van der Waals surface area (Å²) >= 11 is 0. The van der Waals surface area contributed by atoms with E-state index in [0.717, 1.165) is 18.8 Å². The first-order chi connectivity index (χ1) is 8.56. The number of hydrogen-bond donors (Lipinski definition) is 2. The van der Waals surface area contributed by atoms with Gasteiger partial charge >= 0.3 is 5.97 Å². The molecule has 0 aliphatic heterocycles. The maximum atomic E-state index is 11.3. The quantitative estimate of drug-likeness (QED) is 0.744. The smallest absolute Gasteiger partial charge is 0.326 e. The van der Waals surface area contributed by atoms with Crippen molar-refractivity contribution in [2.45, 2.75) is 46.2 Å². The summed E-state index contributed by atoms with van der Waals surface area (Å²) in [5, 5.41) is 12.5. The third-order valence-corrected chi connectivity index (χ3v) is 2.77. The van der Waals surface area contributed by atoms with E-state index < -0.39 is 12.0 Å². The first-order valence-corrected chi connectivity index (χ1v) is 6.51. The van der Waals surface area contributed by atoms with Crippen LogP contribution in [0.25, 0.3) is 0 Å². The van der Waals surface area contributed by atoms with Crippen LogP contribution in [0.3, 0.4) is 0 Å². The van der Waals surface area contributed by atoms with Crippen molar-refractivity contribution in [1.82, 2.24) is 14.9 Å². The molecule has 0 aromatic carbocycles. The van der Waals surface area contributed by atoms with E-state index in [-0.39, 0.29) is 0 Å². The van der Waals surface area contributed by atoms with E-state index >= 15 is 0 Å². The maximum absolute atomic E-state index is 11.3. The Morgan fingerprint density at radius 3 is 2.83 bits per heavy atom. The van der Waals surface area contributed by atoms with Crippen LogP contribution < -0.4 is 5.32 Å². The molecule has 0 radical (unpaired) electrons. The molecule has 1 aromatic rings. The molecule has 0 spiro atoms. The van der Waals surface area contributed by atoms with E-state index in [4.69, 9.17) is 0 Å². The zero-order valence-electron chi connectivity index (χ0n) is 11.4. The third-order valence-electron chi connectivity index (χ3n) is 2.77. The molecule has 0 aliphatic carbocycles. The summed E-state index contributed by atoms with van der Waals surface area (Å²) in [5.41, 5.74) is 0. The third kappa shape index (κ3) is 4.14. The number of nitrogens with zero attached hydrogens (tertiary/aromatic N) is 2. The average Bonchev–Trinajstić information content (AvgIpc) is 2.73.